The highest BCUT2D eigenvalue weighted by Gasteiger charge is 2.31. The second-order valence-electron chi connectivity index (χ2n) is 7.58. The molecule has 0 spiro atoms. The van der Waals surface area contributed by atoms with Gasteiger partial charge in [-0.25, -0.2) is 0 Å². The van der Waals surface area contributed by atoms with Crippen molar-refractivity contribution < 1.29 is 4.79 Å². The maximum atomic E-state index is 12.7. The first-order valence-electron chi connectivity index (χ1n) is 7.34. The van der Waals surface area contributed by atoms with E-state index in [-0.39, 0.29) is 17.4 Å². The van der Waals surface area contributed by atoms with E-state index < -0.39 is 5.41 Å². The average Bonchev–Trinajstić information content (AvgIpc) is 2.34. The van der Waals surface area contributed by atoms with E-state index in [4.69, 9.17) is 5.26 Å². The summed E-state index contributed by atoms with van der Waals surface area (Å²) in [7, 11) is 0. The highest BCUT2D eigenvalue weighted by molar-refractivity contribution is 5.89. The number of ketones is 1. The van der Waals surface area contributed by atoms with Gasteiger partial charge in [0.05, 0.1) is 17.7 Å². The molecule has 0 aliphatic heterocycles. The van der Waals surface area contributed by atoms with Crippen molar-refractivity contribution in [2.24, 2.45) is 5.41 Å². The molecule has 1 aromatic carbocycles. The fourth-order valence-electron chi connectivity index (χ4n) is 2.26. The topological polar surface area (TPSA) is 52.9 Å². The number of benzene rings is 1. The Morgan fingerprint density at radius 2 is 1.86 bits per heavy atom. The van der Waals surface area contributed by atoms with Crippen molar-refractivity contribution in [2.75, 3.05) is 0 Å². The summed E-state index contributed by atoms with van der Waals surface area (Å²) in [4.78, 5) is 12.7. The van der Waals surface area contributed by atoms with Crippen LogP contribution >= 0.6 is 0 Å². The van der Waals surface area contributed by atoms with Crippen LogP contribution < -0.4 is 5.32 Å². The molecular weight excluding hydrogens is 260 g/mol. The highest BCUT2D eigenvalue weighted by atomic mass is 16.1. The van der Waals surface area contributed by atoms with Crippen LogP contribution in [0, 0.1) is 16.7 Å². The summed E-state index contributed by atoms with van der Waals surface area (Å²) in [6.07, 6.45) is 0.600. The van der Waals surface area contributed by atoms with E-state index in [2.05, 4.69) is 32.2 Å². The molecule has 1 aromatic rings. The molecule has 1 rings (SSSR count). The third-order valence-electron chi connectivity index (χ3n) is 3.16. The number of hydrogen-bond donors (Lipinski definition) is 1. The molecule has 3 heteroatoms. The van der Waals surface area contributed by atoms with Crippen LogP contribution in [-0.2, 0) is 11.2 Å². The minimum Gasteiger partial charge on any atom is -0.302 e. The van der Waals surface area contributed by atoms with E-state index in [1.54, 1.807) is 6.07 Å². The van der Waals surface area contributed by atoms with Gasteiger partial charge in [-0.15, -0.1) is 0 Å². The molecule has 0 saturated heterocycles. The van der Waals surface area contributed by atoms with Crippen LogP contribution in [0.4, 0.5) is 0 Å². The van der Waals surface area contributed by atoms with Gasteiger partial charge >= 0.3 is 0 Å². The van der Waals surface area contributed by atoms with Crippen LogP contribution in [-0.4, -0.2) is 17.4 Å². The van der Waals surface area contributed by atoms with Crippen LogP contribution in [0.15, 0.2) is 24.3 Å². The third kappa shape index (κ3) is 5.69. The van der Waals surface area contributed by atoms with Crippen molar-refractivity contribution in [1.29, 1.82) is 5.26 Å². The van der Waals surface area contributed by atoms with Gasteiger partial charge in [0.2, 0.25) is 0 Å². The Hall–Kier alpha value is -1.66. The van der Waals surface area contributed by atoms with Gasteiger partial charge in [0.15, 0.2) is 5.78 Å². The molecule has 3 nitrogen and oxygen atoms in total. The number of carbonyl (C=O) groups is 1. The van der Waals surface area contributed by atoms with Crippen molar-refractivity contribution in [2.45, 2.75) is 59.5 Å². The lowest BCUT2D eigenvalue weighted by atomic mass is 9.83. The van der Waals surface area contributed by atoms with Crippen molar-refractivity contribution >= 4 is 5.78 Å². The van der Waals surface area contributed by atoms with Gasteiger partial charge in [0, 0.05) is 11.0 Å². The highest BCUT2D eigenvalue weighted by Crippen LogP contribution is 2.21. The predicted molar refractivity (Wildman–Crippen MR) is 86.0 cm³/mol. The van der Waals surface area contributed by atoms with Gasteiger partial charge in [-0.2, -0.15) is 5.26 Å². The van der Waals surface area contributed by atoms with Gasteiger partial charge in [0.25, 0.3) is 0 Å². The molecule has 0 unspecified atom stereocenters. The molecule has 21 heavy (non-hydrogen) atoms. The first kappa shape index (κ1) is 17.4. The quantitative estimate of drug-likeness (QED) is 0.922. The molecular formula is C18H26N2O. The molecule has 0 aliphatic carbocycles. The van der Waals surface area contributed by atoms with Crippen molar-refractivity contribution in [1.82, 2.24) is 5.32 Å². The monoisotopic (exact) mass is 286 g/mol. The lowest BCUT2D eigenvalue weighted by molar-refractivity contribution is -0.128. The summed E-state index contributed by atoms with van der Waals surface area (Å²) < 4.78 is 0. The Labute approximate surface area is 128 Å². The van der Waals surface area contributed by atoms with Gasteiger partial charge in [-0.05, 0) is 44.9 Å². The van der Waals surface area contributed by atoms with Crippen molar-refractivity contribution in [3.05, 3.63) is 35.4 Å². The SMILES string of the molecule is CC(C)(C)N[C@@H](Cc1cccc(C#N)c1)C(=O)C(C)(C)C. The zero-order valence-electron chi connectivity index (χ0n) is 13.9. The van der Waals surface area contributed by atoms with E-state index in [0.717, 1.165) is 5.56 Å². The molecule has 0 aromatic heterocycles. The zero-order chi connectivity index (χ0) is 16.3. The zero-order valence-corrected chi connectivity index (χ0v) is 13.9. The van der Waals surface area contributed by atoms with Crippen LogP contribution in [0.1, 0.15) is 52.7 Å². The Bertz CT molecular complexity index is 542. The summed E-state index contributed by atoms with van der Waals surface area (Å²) >= 11 is 0. The number of carbonyl (C=O) groups excluding carboxylic acids is 1. The molecule has 0 amide bonds. The fourth-order valence-corrected chi connectivity index (χ4v) is 2.26. The molecule has 0 radical (unpaired) electrons. The maximum Gasteiger partial charge on any atom is 0.155 e. The summed E-state index contributed by atoms with van der Waals surface area (Å²) in [6.45, 7) is 12.0. The Balaban J connectivity index is 3.02. The van der Waals surface area contributed by atoms with E-state index >= 15 is 0 Å². The minimum absolute atomic E-state index is 0.140. The fraction of sp³-hybridized carbons (Fsp3) is 0.556. The normalized spacial score (nSPS) is 13.6. The molecule has 1 N–H and O–H groups in total. The second-order valence-corrected chi connectivity index (χ2v) is 7.58. The van der Waals surface area contributed by atoms with Gasteiger partial charge < -0.3 is 5.32 Å². The standard InChI is InChI=1S/C18H26N2O/c1-17(2,3)16(21)15(20-18(4,5)6)11-13-8-7-9-14(10-13)12-19/h7-10,15,20H,11H2,1-6H3/t15-/m0/s1. The van der Waals surface area contributed by atoms with Crippen LogP contribution in [0.25, 0.3) is 0 Å². The second kappa shape index (κ2) is 6.41. The van der Waals surface area contributed by atoms with Crippen molar-refractivity contribution in [3.63, 3.8) is 0 Å². The van der Waals surface area contributed by atoms with E-state index in [1.165, 1.54) is 0 Å². The summed E-state index contributed by atoms with van der Waals surface area (Å²) in [5, 5.41) is 12.4. The number of Topliss-reactive ketones (excluding diaryl/α,β-unsaturated/α-hetero) is 1. The molecule has 0 aliphatic rings. The Kier molecular flexibility index (Phi) is 5.31. The van der Waals surface area contributed by atoms with E-state index in [1.807, 2.05) is 39.0 Å². The molecule has 0 heterocycles. The molecule has 0 bridgehead atoms. The molecule has 114 valence electrons. The largest absolute Gasteiger partial charge is 0.302 e. The van der Waals surface area contributed by atoms with E-state index in [0.29, 0.717) is 12.0 Å². The summed E-state index contributed by atoms with van der Waals surface area (Å²) in [6, 6.07) is 9.36. The Morgan fingerprint density at radius 3 is 2.33 bits per heavy atom. The van der Waals surface area contributed by atoms with Gasteiger partial charge in [-0.3, -0.25) is 4.79 Å². The maximum absolute atomic E-state index is 12.7. The molecule has 1 atom stereocenters. The predicted octanol–water partition coefficient (Wildman–Crippen LogP) is 3.47. The summed E-state index contributed by atoms with van der Waals surface area (Å²) in [5.74, 6) is 0.194. The summed E-state index contributed by atoms with van der Waals surface area (Å²) in [5.41, 5.74) is 1.10. The van der Waals surface area contributed by atoms with Gasteiger partial charge in [0.1, 0.15) is 0 Å². The van der Waals surface area contributed by atoms with E-state index in [9.17, 15) is 4.79 Å². The third-order valence-corrected chi connectivity index (χ3v) is 3.16. The lowest BCUT2D eigenvalue weighted by Crippen LogP contribution is -2.51. The first-order chi connectivity index (χ1) is 9.53. The molecule has 0 fully saturated rings. The van der Waals surface area contributed by atoms with Crippen LogP contribution in [0.2, 0.25) is 0 Å². The van der Waals surface area contributed by atoms with Crippen LogP contribution in [0.3, 0.4) is 0 Å². The Morgan fingerprint density at radius 1 is 1.24 bits per heavy atom. The minimum atomic E-state index is -0.393. The van der Waals surface area contributed by atoms with Gasteiger partial charge in [-0.1, -0.05) is 32.9 Å². The molecule has 0 saturated carbocycles. The number of rotatable bonds is 4. The number of nitrogens with one attached hydrogen (secondary N) is 1. The lowest BCUT2D eigenvalue weighted by Gasteiger charge is -2.32. The van der Waals surface area contributed by atoms with Crippen LogP contribution in [0.5, 0.6) is 0 Å². The number of nitriles is 1. The number of nitrogens with zero attached hydrogens (tertiary/aromatic N) is 1. The smallest absolute Gasteiger partial charge is 0.155 e. The first-order valence-corrected chi connectivity index (χ1v) is 7.34. The average molecular weight is 286 g/mol. The number of hydrogen-bond acceptors (Lipinski definition) is 3. The van der Waals surface area contributed by atoms with Crippen molar-refractivity contribution in [3.8, 4) is 6.07 Å².